The fourth-order valence-electron chi connectivity index (χ4n) is 6.41. The van der Waals surface area contributed by atoms with Crippen LogP contribution < -0.4 is 19.6 Å². The van der Waals surface area contributed by atoms with E-state index in [-0.39, 0.29) is 17.6 Å². The van der Waals surface area contributed by atoms with Gasteiger partial charge in [0.1, 0.15) is 28.0 Å². The van der Waals surface area contributed by atoms with Crippen LogP contribution in [0, 0.1) is 11.8 Å². The molecule has 0 radical (unpaired) electrons. The Hall–Kier alpha value is -5.03. The van der Waals surface area contributed by atoms with Gasteiger partial charge in [-0.2, -0.15) is 5.10 Å². The molecular formula is C43H51N3O7S. The van der Waals surface area contributed by atoms with E-state index in [4.69, 9.17) is 23.9 Å². The van der Waals surface area contributed by atoms with Crippen LogP contribution in [0.2, 0.25) is 0 Å². The third-order valence-corrected chi connectivity index (χ3v) is 10.5. The highest BCUT2D eigenvalue weighted by Gasteiger charge is 2.28. The number of hydrogen-bond donors (Lipinski definition) is 1. The molecule has 0 atom stereocenters. The lowest BCUT2D eigenvalue weighted by atomic mass is 9.80. The molecule has 54 heavy (non-hydrogen) atoms. The van der Waals surface area contributed by atoms with Crippen molar-refractivity contribution in [2.75, 3.05) is 19.8 Å². The highest BCUT2D eigenvalue weighted by Crippen LogP contribution is 2.35. The first kappa shape index (κ1) is 40.2. The summed E-state index contributed by atoms with van der Waals surface area (Å²) in [5.41, 5.74) is 5.16. The molecule has 5 rings (SSSR count). The van der Waals surface area contributed by atoms with Crippen LogP contribution in [0.25, 0.3) is 10.2 Å². The Labute approximate surface area is 322 Å². The predicted molar refractivity (Wildman–Crippen MR) is 213 cm³/mol. The number of para-hydroxylation sites is 1. The Kier molecular flexibility index (Phi) is 15.6. The van der Waals surface area contributed by atoms with E-state index in [1.807, 2.05) is 31.2 Å². The summed E-state index contributed by atoms with van der Waals surface area (Å²) < 4.78 is 23.9. The lowest BCUT2D eigenvalue weighted by Crippen LogP contribution is -2.26. The lowest BCUT2D eigenvalue weighted by Gasteiger charge is -2.27. The Morgan fingerprint density at radius 1 is 0.889 bits per heavy atom. The number of benzene rings is 3. The van der Waals surface area contributed by atoms with Gasteiger partial charge in [0.2, 0.25) is 0 Å². The van der Waals surface area contributed by atoms with Gasteiger partial charge < -0.3 is 24.4 Å². The van der Waals surface area contributed by atoms with Crippen molar-refractivity contribution in [2.24, 2.45) is 16.9 Å². The molecule has 0 bridgehead atoms. The Morgan fingerprint density at radius 3 is 2.35 bits per heavy atom. The van der Waals surface area contributed by atoms with Crippen molar-refractivity contribution in [3.05, 3.63) is 95.5 Å². The van der Waals surface area contributed by atoms with E-state index in [0.29, 0.717) is 59.0 Å². The Morgan fingerprint density at radius 2 is 1.63 bits per heavy atom. The number of aromatic nitrogens is 1. The summed E-state index contributed by atoms with van der Waals surface area (Å²) >= 11 is 1.47. The average Bonchev–Trinajstić information content (AvgIpc) is 3.63. The maximum Gasteiger partial charge on any atom is 0.343 e. The van der Waals surface area contributed by atoms with Gasteiger partial charge >= 0.3 is 17.9 Å². The molecule has 0 amide bonds. The number of hydrogen-bond acceptors (Lipinski definition) is 11. The monoisotopic (exact) mass is 753 g/mol. The average molecular weight is 754 g/mol. The van der Waals surface area contributed by atoms with Gasteiger partial charge in [-0.1, -0.05) is 44.9 Å². The molecule has 0 saturated heterocycles. The number of rotatable bonds is 20. The summed E-state index contributed by atoms with van der Waals surface area (Å²) in [4.78, 5) is 42.9. The zero-order valence-corrected chi connectivity index (χ0v) is 32.2. The number of nitrogens with one attached hydrogen (secondary N) is 1. The van der Waals surface area contributed by atoms with Crippen molar-refractivity contribution in [1.82, 2.24) is 10.4 Å². The topological polar surface area (TPSA) is 125 Å². The van der Waals surface area contributed by atoms with E-state index in [9.17, 15) is 14.4 Å². The normalized spacial score (nSPS) is 15.7. The van der Waals surface area contributed by atoms with Gasteiger partial charge in [0, 0.05) is 12.6 Å². The van der Waals surface area contributed by atoms with Gasteiger partial charge in [0.25, 0.3) is 0 Å². The van der Waals surface area contributed by atoms with Gasteiger partial charge in [-0.05, 0) is 119 Å². The van der Waals surface area contributed by atoms with Crippen molar-refractivity contribution in [1.29, 1.82) is 0 Å². The Bertz CT molecular complexity index is 1850. The van der Waals surface area contributed by atoms with Crippen molar-refractivity contribution in [3.63, 3.8) is 0 Å². The number of unbranched alkanes of at least 4 members (excludes halogenated alkanes) is 4. The molecule has 0 spiro atoms. The lowest BCUT2D eigenvalue weighted by molar-refractivity contribution is -0.140. The van der Waals surface area contributed by atoms with E-state index >= 15 is 0 Å². The summed E-state index contributed by atoms with van der Waals surface area (Å²) in [5.74, 6) is 0.590. The largest absolute Gasteiger partial charge is 0.494 e. The van der Waals surface area contributed by atoms with Crippen LogP contribution in [0.3, 0.4) is 0 Å². The number of carbonyl (C=O) groups excluding carboxylic acids is 3. The second kappa shape index (κ2) is 21.0. The number of nitrogens with zero attached hydrogens (tertiary/aromatic N) is 2. The van der Waals surface area contributed by atoms with Crippen LogP contribution in [0.4, 0.5) is 0 Å². The number of fused-ring (bicyclic) bond motifs is 1. The summed E-state index contributed by atoms with van der Waals surface area (Å²) in [5, 5.41) is 5.31. The molecule has 1 fully saturated rings. The molecule has 3 aromatic carbocycles. The second-order valence-electron chi connectivity index (χ2n) is 13.4. The van der Waals surface area contributed by atoms with Crippen molar-refractivity contribution < 1.29 is 33.3 Å². The maximum absolute atomic E-state index is 13.5. The molecule has 1 heterocycles. The molecule has 10 nitrogen and oxygen atoms in total. The van der Waals surface area contributed by atoms with E-state index in [1.54, 1.807) is 42.5 Å². The van der Waals surface area contributed by atoms with Crippen LogP contribution in [0.15, 0.2) is 84.5 Å². The zero-order chi connectivity index (χ0) is 38.1. The highest BCUT2D eigenvalue weighted by molar-refractivity contribution is 7.20. The molecule has 286 valence electrons. The molecule has 1 aliphatic carbocycles. The van der Waals surface area contributed by atoms with Gasteiger partial charge in [0.15, 0.2) is 0 Å². The predicted octanol–water partition coefficient (Wildman–Crippen LogP) is 9.45. The molecule has 1 N–H and O–H groups in total. The van der Waals surface area contributed by atoms with Crippen molar-refractivity contribution in [3.8, 4) is 17.2 Å². The van der Waals surface area contributed by atoms with Crippen LogP contribution in [0.1, 0.15) is 105 Å². The number of esters is 3. The molecule has 0 unspecified atom stereocenters. The van der Waals surface area contributed by atoms with Crippen LogP contribution in [0.5, 0.6) is 17.2 Å². The minimum atomic E-state index is -0.559. The molecule has 4 aromatic rings. The summed E-state index contributed by atoms with van der Waals surface area (Å²) in [7, 11) is 0. The molecule has 0 aliphatic heterocycles. The smallest absolute Gasteiger partial charge is 0.343 e. The quantitative estimate of drug-likeness (QED) is 0.0235. The van der Waals surface area contributed by atoms with Crippen LogP contribution in [-0.2, 0) is 14.3 Å². The second-order valence-corrected chi connectivity index (χ2v) is 14.5. The van der Waals surface area contributed by atoms with Gasteiger partial charge in [-0.15, -0.1) is 11.3 Å². The minimum absolute atomic E-state index is 0.143. The third-order valence-electron chi connectivity index (χ3n) is 9.43. The number of ether oxygens (including phenoxy) is 4. The molecular weight excluding hydrogens is 703 g/mol. The summed E-state index contributed by atoms with van der Waals surface area (Å²) in [6.07, 6.45) is 12.0. The van der Waals surface area contributed by atoms with Crippen molar-refractivity contribution in [2.45, 2.75) is 84.5 Å². The number of thiazole rings is 1. The van der Waals surface area contributed by atoms with E-state index in [2.05, 4.69) is 24.0 Å². The van der Waals surface area contributed by atoms with E-state index in [1.165, 1.54) is 30.6 Å². The summed E-state index contributed by atoms with van der Waals surface area (Å²) in [6.45, 7) is 9.01. The van der Waals surface area contributed by atoms with E-state index < -0.39 is 11.9 Å². The minimum Gasteiger partial charge on any atom is -0.494 e. The first-order valence-electron chi connectivity index (χ1n) is 19.1. The van der Waals surface area contributed by atoms with Crippen molar-refractivity contribution >= 4 is 45.2 Å². The van der Waals surface area contributed by atoms with Gasteiger partial charge in [-0.25, -0.2) is 14.6 Å². The van der Waals surface area contributed by atoms with Gasteiger partial charge in [0.05, 0.1) is 40.5 Å². The fraction of sp³-hybridized carbons (Fsp3) is 0.419. The molecule has 11 heteroatoms. The Balaban J connectivity index is 1.29. The number of carbonyl (C=O) groups is 3. The maximum atomic E-state index is 13.5. The molecule has 1 saturated carbocycles. The fourth-order valence-corrected chi connectivity index (χ4v) is 7.38. The summed E-state index contributed by atoms with van der Waals surface area (Å²) in [6, 6.07) is 19.7. The molecule has 1 aliphatic rings. The van der Waals surface area contributed by atoms with E-state index in [0.717, 1.165) is 67.7 Å². The van der Waals surface area contributed by atoms with Crippen LogP contribution >= 0.6 is 11.3 Å². The SMILES string of the molecule is C=CC(=O)OCCCCCCOc1ccc(C(=O)Oc2ccc(OC(=O)C3CCC(CCCC)CC3)cc2C(=NNCC)c2nc3ccccc3s2)cc1. The first-order valence-corrected chi connectivity index (χ1v) is 20.0. The zero-order valence-electron chi connectivity index (χ0n) is 31.3. The number of hydrazone groups is 1. The third kappa shape index (κ3) is 11.7. The molecule has 1 aromatic heterocycles. The van der Waals surface area contributed by atoms with Gasteiger partial charge in [-0.3, -0.25) is 4.79 Å². The van der Waals surface area contributed by atoms with Crippen LogP contribution in [-0.4, -0.2) is 48.4 Å². The first-order chi connectivity index (χ1) is 26.4. The standard InChI is InChI=1S/C43H51N3O7S/c1-4-7-14-30-17-19-31(20-18-30)42(48)52-34-25-26-37(35(29-34)40(46-44-6-3)41-45-36-15-10-11-16-38(36)54-41)53-43(49)32-21-23-33(24-22-32)50-27-12-8-9-13-28-51-39(47)5-2/h5,10-11,15-16,21-26,29-31,44H,2,4,6-9,12-14,17-20,27-28H2,1,3H3. The highest BCUT2D eigenvalue weighted by atomic mass is 32.1.